The van der Waals surface area contributed by atoms with Crippen molar-refractivity contribution in [3.8, 4) is 17.2 Å². The number of anilines is 1. The number of hydrogen-bond donors (Lipinski definition) is 1. The Hall–Kier alpha value is -2.72. The molecule has 0 atom stereocenters. The van der Waals surface area contributed by atoms with E-state index in [1.54, 1.807) is 31.2 Å². The molecule has 0 bridgehead atoms. The van der Waals surface area contributed by atoms with Crippen molar-refractivity contribution in [1.29, 1.82) is 0 Å². The molecule has 0 unspecified atom stereocenters. The monoisotopic (exact) mass is 496 g/mol. The minimum absolute atomic E-state index is 0.101. The summed E-state index contributed by atoms with van der Waals surface area (Å²) < 4.78 is 50.0. The fourth-order valence-electron chi connectivity index (χ4n) is 2.68. The molecule has 10 heteroatoms. The molecule has 158 valence electrons. The van der Waals surface area contributed by atoms with Crippen LogP contribution >= 0.6 is 15.9 Å². The van der Waals surface area contributed by atoms with Crippen LogP contribution in [0.4, 0.5) is 10.1 Å². The molecule has 0 aliphatic heterocycles. The zero-order valence-electron chi connectivity index (χ0n) is 16.1. The number of carbonyl (C=O) groups is 1. The van der Waals surface area contributed by atoms with E-state index in [4.69, 9.17) is 9.15 Å². The summed E-state index contributed by atoms with van der Waals surface area (Å²) in [5.74, 6) is -1.63. The number of benzene rings is 2. The Kier molecular flexibility index (Phi) is 6.57. The van der Waals surface area contributed by atoms with Crippen LogP contribution in [0, 0.1) is 12.7 Å². The molecule has 1 heterocycles. The predicted molar refractivity (Wildman–Crippen MR) is 113 cm³/mol. The fourth-order valence-corrected chi connectivity index (χ4v) is 4.27. The number of halogens is 2. The van der Waals surface area contributed by atoms with E-state index in [9.17, 15) is 17.6 Å². The van der Waals surface area contributed by atoms with Crippen molar-refractivity contribution in [3.05, 3.63) is 64.2 Å². The summed E-state index contributed by atoms with van der Waals surface area (Å²) in [5.41, 5.74) is 0.733. The molecule has 0 spiro atoms. The normalized spacial score (nSPS) is 11.3. The molecule has 1 aromatic heterocycles. The average molecular weight is 497 g/mol. The summed E-state index contributed by atoms with van der Waals surface area (Å²) in [6.07, 6.45) is 0. The lowest BCUT2D eigenvalue weighted by atomic mass is 10.2. The van der Waals surface area contributed by atoms with Crippen molar-refractivity contribution in [2.75, 3.05) is 18.2 Å². The SMILES string of the molecule is COc1cccc(-c2nc(CS(=O)(=O)CC(=O)Nc3ccc(Br)cc3F)c(C)o2)c1. The van der Waals surface area contributed by atoms with Crippen molar-refractivity contribution < 1.29 is 26.8 Å². The van der Waals surface area contributed by atoms with Crippen LogP contribution in [0.2, 0.25) is 0 Å². The van der Waals surface area contributed by atoms with Gasteiger partial charge in [0.2, 0.25) is 11.8 Å². The van der Waals surface area contributed by atoms with Gasteiger partial charge in [0.25, 0.3) is 0 Å². The van der Waals surface area contributed by atoms with Crippen LogP contribution in [0.5, 0.6) is 5.75 Å². The van der Waals surface area contributed by atoms with Gasteiger partial charge in [0.15, 0.2) is 9.84 Å². The number of nitrogens with one attached hydrogen (secondary N) is 1. The third-order valence-electron chi connectivity index (χ3n) is 4.12. The number of nitrogens with zero attached hydrogens (tertiary/aromatic N) is 1. The van der Waals surface area contributed by atoms with E-state index in [0.717, 1.165) is 0 Å². The number of aryl methyl sites for hydroxylation is 1. The number of oxazole rings is 1. The molecule has 0 radical (unpaired) electrons. The summed E-state index contributed by atoms with van der Waals surface area (Å²) in [7, 11) is -2.34. The third kappa shape index (κ3) is 5.45. The van der Waals surface area contributed by atoms with Crippen LogP contribution in [-0.2, 0) is 20.4 Å². The first-order valence-corrected chi connectivity index (χ1v) is 11.3. The summed E-state index contributed by atoms with van der Waals surface area (Å²) in [6, 6.07) is 11.0. The van der Waals surface area contributed by atoms with Gasteiger partial charge in [-0.25, -0.2) is 17.8 Å². The number of sulfone groups is 1. The molecule has 2 aromatic carbocycles. The first-order chi connectivity index (χ1) is 14.2. The number of methoxy groups -OCH3 is 1. The summed E-state index contributed by atoms with van der Waals surface area (Å²) in [5, 5.41) is 2.27. The summed E-state index contributed by atoms with van der Waals surface area (Å²) in [6.45, 7) is 1.60. The zero-order chi connectivity index (χ0) is 21.9. The van der Waals surface area contributed by atoms with Crippen molar-refractivity contribution in [3.63, 3.8) is 0 Å². The lowest BCUT2D eigenvalue weighted by Crippen LogP contribution is -2.24. The zero-order valence-corrected chi connectivity index (χ0v) is 18.5. The highest BCUT2D eigenvalue weighted by Gasteiger charge is 2.23. The van der Waals surface area contributed by atoms with Crippen molar-refractivity contribution in [2.24, 2.45) is 0 Å². The minimum Gasteiger partial charge on any atom is -0.497 e. The Morgan fingerprint density at radius 3 is 2.73 bits per heavy atom. The first-order valence-electron chi connectivity index (χ1n) is 8.73. The lowest BCUT2D eigenvalue weighted by molar-refractivity contribution is -0.113. The van der Waals surface area contributed by atoms with E-state index in [0.29, 0.717) is 21.5 Å². The van der Waals surface area contributed by atoms with Crippen molar-refractivity contribution in [1.82, 2.24) is 4.98 Å². The Balaban J connectivity index is 1.72. The van der Waals surface area contributed by atoms with Gasteiger partial charge in [-0.05, 0) is 43.3 Å². The summed E-state index contributed by atoms with van der Waals surface area (Å²) >= 11 is 3.11. The van der Waals surface area contributed by atoms with Gasteiger partial charge in [0, 0.05) is 10.0 Å². The van der Waals surface area contributed by atoms with Gasteiger partial charge in [0.1, 0.15) is 23.1 Å². The molecule has 0 fully saturated rings. The smallest absolute Gasteiger partial charge is 0.239 e. The number of amides is 1. The Morgan fingerprint density at radius 1 is 1.27 bits per heavy atom. The molecule has 0 saturated carbocycles. The average Bonchev–Trinajstić information content (AvgIpc) is 3.03. The standard InChI is InChI=1S/C20H18BrFN2O5S/c1-12-18(24-20(29-12)13-4-3-5-15(8-13)28-2)10-30(26,27)11-19(25)23-17-7-6-14(21)9-16(17)22/h3-9H,10-11H2,1-2H3,(H,23,25). The minimum atomic E-state index is -3.87. The highest BCUT2D eigenvalue weighted by Crippen LogP contribution is 2.26. The predicted octanol–water partition coefficient (Wildman–Crippen LogP) is 4.11. The molecule has 0 aliphatic carbocycles. The van der Waals surface area contributed by atoms with E-state index in [2.05, 4.69) is 26.2 Å². The second-order valence-corrected chi connectivity index (χ2v) is 9.44. The first kappa shape index (κ1) is 22.0. The number of hydrogen-bond acceptors (Lipinski definition) is 6. The second kappa shape index (κ2) is 8.97. The van der Waals surface area contributed by atoms with Gasteiger partial charge < -0.3 is 14.5 Å². The van der Waals surface area contributed by atoms with Gasteiger partial charge in [-0.15, -0.1) is 0 Å². The molecule has 1 amide bonds. The fraction of sp³-hybridized carbons (Fsp3) is 0.200. The Bertz CT molecular complexity index is 1190. The van der Waals surface area contributed by atoms with E-state index in [1.807, 2.05) is 0 Å². The molecule has 0 aliphatic rings. The Morgan fingerprint density at radius 2 is 2.03 bits per heavy atom. The number of ether oxygens (including phenoxy) is 1. The molecule has 0 saturated heterocycles. The topological polar surface area (TPSA) is 98.5 Å². The number of aromatic nitrogens is 1. The van der Waals surface area contributed by atoms with Gasteiger partial charge in [-0.1, -0.05) is 22.0 Å². The third-order valence-corrected chi connectivity index (χ3v) is 6.03. The van der Waals surface area contributed by atoms with Gasteiger partial charge in [0.05, 0.1) is 24.2 Å². The largest absolute Gasteiger partial charge is 0.497 e. The van der Waals surface area contributed by atoms with E-state index in [-0.39, 0.29) is 17.3 Å². The summed E-state index contributed by atoms with van der Waals surface area (Å²) in [4.78, 5) is 16.4. The maximum absolute atomic E-state index is 13.8. The quantitative estimate of drug-likeness (QED) is 0.528. The molecule has 7 nitrogen and oxygen atoms in total. The van der Waals surface area contributed by atoms with Crippen LogP contribution in [0.15, 0.2) is 51.4 Å². The van der Waals surface area contributed by atoms with Gasteiger partial charge in [-0.3, -0.25) is 4.79 Å². The van der Waals surface area contributed by atoms with Crippen molar-refractivity contribution >= 4 is 37.4 Å². The van der Waals surface area contributed by atoms with Crippen LogP contribution in [0.1, 0.15) is 11.5 Å². The molecule has 30 heavy (non-hydrogen) atoms. The highest BCUT2D eigenvalue weighted by molar-refractivity contribution is 9.10. The Labute approximate surface area is 181 Å². The van der Waals surface area contributed by atoms with Crippen LogP contribution in [-0.4, -0.2) is 32.2 Å². The van der Waals surface area contributed by atoms with Gasteiger partial charge in [-0.2, -0.15) is 0 Å². The van der Waals surface area contributed by atoms with E-state index < -0.39 is 33.1 Å². The number of rotatable bonds is 7. The van der Waals surface area contributed by atoms with E-state index >= 15 is 0 Å². The van der Waals surface area contributed by atoms with Gasteiger partial charge >= 0.3 is 0 Å². The second-order valence-electron chi connectivity index (χ2n) is 6.46. The molecular formula is C20H18BrFN2O5S. The molecule has 1 N–H and O–H groups in total. The van der Waals surface area contributed by atoms with E-state index in [1.165, 1.54) is 25.3 Å². The maximum Gasteiger partial charge on any atom is 0.239 e. The van der Waals surface area contributed by atoms with Crippen LogP contribution in [0.25, 0.3) is 11.5 Å². The van der Waals surface area contributed by atoms with Crippen LogP contribution < -0.4 is 10.1 Å². The number of carbonyl (C=O) groups excluding carboxylic acids is 1. The van der Waals surface area contributed by atoms with Crippen LogP contribution in [0.3, 0.4) is 0 Å². The molecule has 3 rings (SSSR count). The highest BCUT2D eigenvalue weighted by atomic mass is 79.9. The lowest BCUT2D eigenvalue weighted by Gasteiger charge is -2.07. The maximum atomic E-state index is 13.8. The molecular weight excluding hydrogens is 479 g/mol. The molecule has 3 aromatic rings. The van der Waals surface area contributed by atoms with Crippen molar-refractivity contribution in [2.45, 2.75) is 12.7 Å².